The van der Waals surface area contributed by atoms with Crippen LogP contribution >= 0.6 is 11.3 Å². The van der Waals surface area contributed by atoms with Gasteiger partial charge in [-0.3, -0.25) is 19.6 Å². The van der Waals surface area contributed by atoms with Crippen LogP contribution in [0.4, 0.5) is 0 Å². The molecule has 9 heteroatoms. The molecule has 3 aromatic heterocycles. The van der Waals surface area contributed by atoms with Crippen molar-refractivity contribution in [3.63, 3.8) is 0 Å². The summed E-state index contributed by atoms with van der Waals surface area (Å²) in [6.07, 6.45) is 6.13. The van der Waals surface area contributed by atoms with Gasteiger partial charge in [-0.2, -0.15) is 0 Å². The number of nitrogens with one attached hydrogen (secondary N) is 1. The van der Waals surface area contributed by atoms with E-state index in [4.69, 9.17) is 4.98 Å². The Kier molecular flexibility index (Phi) is 5.82. The number of aromatic nitrogens is 4. The van der Waals surface area contributed by atoms with Crippen molar-refractivity contribution in [1.82, 2.24) is 34.6 Å². The van der Waals surface area contributed by atoms with Crippen LogP contribution in [0.2, 0.25) is 0 Å². The van der Waals surface area contributed by atoms with Crippen LogP contribution in [0.3, 0.4) is 0 Å². The number of piperazine rings is 1. The van der Waals surface area contributed by atoms with Gasteiger partial charge in [0.1, 0.15) is 10.8 Å². The van der Waals surface area contributed by atoms with E-state index in [0.717, 1.165) is 68.2 Å². The predicted molar refractivity (Wildman–Crippen MR) is 132 cm³/mol. The number of hydrogen-bond acceptors (Lipinski definition) is 7. The van der Waals surface area contributed by atoms with Crippen molar-refractivity contribution in [2.75, 3.05) is 39.3 Å². The molecule has 34 heavy (non-hydrogen) atoms. The van der Waals surface area contributed by atoms with E-state index in [9.17, 15) is 4.79 Å². The summed E-state index contributed by atoms with van der Waals surface area (Å²) in [5.41, 5.74) is 3.51. The van der Waals surface area contributed by atoms with Gasteiger partial charge < -0.3 is 9.88 Å². The van der Waals surface area contributed by atoms with Crippen LogP contribution in [-0.2, 0) is 13.0 Å². The summed E-state index contributed by atoms with van der Waals surface area (Å²) in [7, 11) is 0. The summed E-state index contributed by atoms with van der Waals surface area (Å²) >= 11 is 1.72. The van der Waals surface area contributed by atoms with Gasteiger partial charge in [0.25, 0.3) is 5.91 Å². The number of H-pyrrole nitrogens is 1. The highest BCUT2D eigenvalue weighted by atomic mass is 32.1. The lowest BCUT2D eigenvalue weighted by Crippen LogP contribution is -2.64. The highest BCUT2D eigenvalue weighted by Gasteiger charge is 2.37. The number of thiazole rings is 1. The molecule has 2 aliphatic heterocycles. The zero-order chi connectivity index (χ0) is 22.9. The average Bonchev–Trinajstić information content (AvgIpc) is 3.49. The highest BCUT2D eigenvalue weighted by Crippen LogP contribution is 2.24. The van der Waals surface area contributed by atoms with Gasteiger partial charge >= 0.3 is 0 Å². The Morgan fingerprint density at radius 2 is 1.88 bits per heavy atom. The van der Waals surface area contributed by atoms with Crippen molar-refractivity contribution < 1.29 is 4.79 Å². The molecule has 4 aromatic rings. The molecule has 5 heterocycles. The topological polar surface area (TPSA) is 81.2 Å². The van der Waals surface area contributed by atoms with Gasteiger partial charge in [-0.1, -0.05) is 6.07 Å². The second kappa shape index (κ2) is 9.25. The SMILES string of the molecule is O=C(c1cccc2nc(Cc3ccncc3)[nH]c12)N1CC(N2CCN(Cc3nccs3)CC2)C1. The van der Waals surface area contributed by atoms with Gasteiger partial charge in [-0.05, 0) is 29.8 Å². The number of aromatic amines is 1. The van der Waals surface area contributed by atoms with Gasteiger partial charge in [-0.15, -0.1) is 11.3 Å². The molecule has 1 amide bonds. The number of amides is 1. The summed E-state index contributed by atoms with van der Waals surface area (Å²) in [6.45, 7) is 6.73. The van der Waals surface area contributed by atoms with Crippen molar-refractivity contribution >= 4 is 28.3 Å². The number of carbonyl (C=O) groups is 1. The summed E-state index contributed by atoms with van der Waals surface area (Å²) < 4.78 is 0. The van der Waals surface area contributed by atoms with Gasteiger partial charge in [0.2, 0.25) is 0 Å². The van der Waals surface area contributed by atoms with Crippen molar-refractivity contribution in [2.45, 2.75) is 19.0 Å². The lowest BCUT2D eigenvalue weighted by molar-refractivity contribution is 0.00657. The number of benzene rings is 1. The number of nitrogens with zero attached hydrogens (tertiary/aromatic N) is 6. The van der Waals surface area contributed by atoms with E-state index in [1.165, 1.54) is 5.01 Å². The Balaban J connectivity index is 1.07. The molecule has 0 atom stereocenters. The molecular formula is C25H27N7OS. The van der Waals surface area contributed by atoms with Crippen LogP contribution in [0.1, 0.15) is 26.8 Å². The van der Waals surface area contributed by atoms with Crippen molar-refractivity contribution in [3.8, 4) is 0 Å². The zero-order valence-electron chi connectivity index (χ0n) is 18.9. The van der Waals surface area contributed by atoms with Crippen LogP contribution in [0, 0.1) is 0 Å². The number of hydrogen-bond donors (Lipinski definition) is 1. The Morgan fingerprint density at radius 3 is 2.65 bits per heavy atom. The highest BCUT2D eigenvalue weighted by molar-refractivity contribution is 7.09. The maximum atomic E-state index is 13.3. The minimum atomic E-state index is 0.0865. The van der Waals surface area contributed by atoms with E-state index in [0.29, 0.717) is 18.0 Å². The number of rotatable bonds is 6. The second-order valence-corrected chi connectivity index (χ2v) is 10.00. The van der Waals surface area contributed by atoms with Crippen molar-refractivity contribution in [2.24, 2.45) is 0 Å². The van der Waals surface area contributed by atoms with Crippen LogP contribution in [-0.4, -0.2) is 85.9 Å². The van der Waals surface area contributed by atoms with Crippen LogP contribution in [0.25, 0.3) is 11.0 Å². The maximum absolute atomic E-state index is 13.3. The Labute approximate surface area is 202 Å². The number of pyridine rings is 1. The largest absolute Gasteiger partial charge is 0.341 e. The predicted octanol–water partition coefficient (Wildman–Crippen LogP) is 2.65. The molecule has 2 aliphatic rings. The minimum absolute atomic E-state index is 0.0865. The monoisotopic (exact) mass is 473 g/mol. The third kappa shape index (κ3) is 4.34. The molecule has 1 aromatic carbocycles. The molecule has 174 valence electrons. The molecule has 2 fully saturated rings. The number of carbonyl (C=O) groups excluding carboxylic acids is 1. The lowest BCUT2D eigenvalue weighted by Gasteiger charge is -2.48. The first-order valence-electron chi connectivity index (χ1n) is 11.7. The number of fused-ring (bicyclic) bond motifs is 1. The van der Waals surface area contributed by atoms with Gasteiger partial charge in [0.05, 0.1) is 23.1 Å². The molecule has 8 nitrogen and oxygen atoms in total. The number of para-hydroxylation sites is 1. The van der Waals surface area contributed by atoms with E-state index in [1.54, 1.807) is 23.7 Å². The summed E-state index contributed by atoms with van der Waals surface area (Å²) in [5.74, 6) is 0.946. The standard InChI is InChI=1S/C25H27N7OS/c33-25(20-2-1-3-21-24(20)29-22(28-21)14-18-4-6-26-7-5-18)32-15-19(16-32)31-11-9-30(10-12-31)17-23-27-8-13-34-23/h1-8,13,19H,9-12,14-17H2,(H,28,29). The number of imidazole rings is 1. The van der Waals surface area contributed by atoms with E-state index in [2.05, 4.69) is 24.8 Å². The molecule has 6 rings (SSSR count). The third-order valence-electron chi connectivity index (χ3n) is 6.83. The molecule has 1 N–H and O–H groups in total. The molecule has 0 aliphatic carbocycles. The van der Waals surface area contributed by atoms with Gasteiger partial charge in [-0.25, -0.2) is 9.97 Å². The first-order chi connectivity index (χ1) is 16.7. The first kappa shape index (κ1) is 21.4. The molecular weight excluding hydrogens is 446 g/mol. The fourth-order valence-electron chi connectivity index (χ4n) is 4.87. The van der Waals surface area contributed by atoms with E-state index in [-0.39, 0.29) is 5.91 Å². The van der Waals surface area contributed by atoms with Crippen LogP contribution in [0.5, 0.6) is 0 Å². The minimum Gasteiger partial charge on any atom is -0.341 e. The summed E-state index contributed by atoms with van der Waals surface area (Å²) in [5, 5.41) is 3.22. The Morgan fingerprint density at radius 1 is 1.06 bits per heavy atom. The first-order valence-corrected chi connectivity index (χ1v) is 12.6. The van der Waals surface area contributed by atoms with Crippen molar-refractivity contribution in [3.05, 3.63) is 76.3 Å². The smallest absolute Gasteiger partial charge is 0.256 e. The van der Waals surface area contributed by atoms with Gasteiger partial charge in [0, 0.05) is 75.7 Å². The Hall–Kier alpha value is -3.14. The fraction of sp³-hybridized carbons (Fsp3) is 0.360. The molecule has 0 radical (unpaired) electrons. The maximum Gasteiger partial charge on any atom is 0.256 e. The molecule has 0 unspecified atom stereocenters. The molecule has 0 bridgehead atoms. The van der Waals surface area contributed by atoms with Crippen LogP contribution in [0.15, 0.2) is 54.3 Å². The molecule has 0 saturated carbocycles. The number of likely N-dealkylation sites (tertiary alicyclic amines) is 1. The second-order valence-electron chi connectivity index (χ2n) is 9.02. The summed E-state index contributed by atoms with van der Waals surface area (Å²) in [6, 6.07) is 10.2. The third-order valence-corrected chi connectivity index (χ3v) is 7.60. The molecule has 2 saturated heterocycles. The van der Waals surface area contributed by atoms with Crippen molar-refractivity contribution in [1.29, 1.82) is 0 Å². The van der Waals surface area contributed by atoms with E-state index in [1.807, 2.05) is 46.8 Å². The zero-order valence-corrected chi connectivity index (χ0v) is 19.7. The van der Waals surface area contributed by atoms with E-state index >= 15 is 0 Å². The normalized spacial score (nSPS) is 17.8. The van der Waals surface area contributed by atoms with E-state index < -0.39 is 0 Å². The fourth-order valence-corrected chi connectivity index (χ4v) is 5.53. The quantitative estimate of drug-likeness (QED) is 0.464. The Bertz CT molecular complexity index is 1260. The van der Waals surface area contributed by atoms with Crippen LogP contribution < -0.4 is 0 Å². The average molecular weight is 474 g/mol. The lowest BCUT2D eigenvalue weighted by atomic mass is 10.0. The van der Waals surface area contributed by atoms with Gasteiger partial charge in [0.15, 0.2) is 0 Å². The molecule has 0 spiro atoms. The summed E-state index contributed by atoms with van der Waals surface area (Å²) in [4.78, 5) is 36.9.